The summed E-state index contributed by atoms with van der Waals surface area (Å²) >= 11 is 0. The number of carbonyl (C=O) groups excluding carboxylic acids is 1. The van der Waals surface area contributed by atoms with Crippen LogP contribution < -0.4 is 15.5 Å². The average molecular weight is 441 g/mol. The van der Waals surface area contributed by atoms with Gasteiger partial charge >= 0.3 is 0 Å². The number of nitrogens with one attached hydrogen (secondary N) is 2. The molecule has 0 spiro atoms. The Bertz CT molecular complexity index is 1190. The minimum atomic E-state index is -0.0278. The van der Waals surface area contributed by atoms with Gasteiger partial charge in [-0.2, -0.15) is 5.10 Å². The first kappa shape index (κ1) is 20.6. The van der Waals surface area contributed by atoms with Crippen molar-refractivity contribution >= 4 is 28.8 Å². The molecule has 0 saturated carbocycles. The van der Waals surface area contributed by atoms with Crippen molar-refractivity contribution in [2.75, 3.05) is 28.6 Å². The number of rotatable bonds is 6. The molecule has 0 aliphatic carbocycles. The van der Waals surface area contributed by atoms with Crippen molar-refractivity contribution < 1.29 is 4.79 Å². The van der Waals surface area contributed by atoms with Gasteiger partial charge in [-0.05, 0) is 49.2 Å². The van der Waals surface area contributed by atoms with Crippen molar-refractivity contribution in [1.29, 1.82) is 0 Å². The predicted octanol–water partition coefficient (Wildman–Crippen LogP) is 3.66. The van der Waals surface area contributed by atoms with Gasteiger partial charge in [0.25, 0.3) is 0 Å². The zero-order chi connectivity index (χ0) is 22.5. The molecule has 2 N–H and O–H groups in total. The van der Waals surface area contributed by atoms with E-state index in [2.05, 4.69) is 35.6 Å². The lowest BCUT2D eigenvalue weighted by atomic mass is 9.96. The number of para-hydroxylation sites is 1. The molecule has 1 fully saturated rings. The van der Waals surface area contributed by atoms with Gasteiger partial charge in [0.2, 0.25) is 5.91 Å². The molecule has 9 heteroatoms. The highest BCUT2D eigenvalue weighted by molar-refractivity contribution is 5.93. The predicted molar refractivity (Wildman–Crippen MR) is 127 cm³/mol. The molecule has 0 atom stereocenters. The lowest BCUT2D eigenvalue weighted by molar-refractivity contribution is -0.120. The molecule has 1 saturated heterocycles. The van der Waals surface area contributed by atoms with E-state index < -0.39 is 0 Å². The summed E-state index contributed by atoms with van der Waals surface area (Å²) in [7, 11) is 0. The van der Waals surface area contributed by atoms with Crippen molar-refractivity contribution in [3.63, 3.8) is 0 Å². The monoisotopic (exact) mass is 440 g/mol. The maximum absolute atomic E-state index is 12.8. The second-order valence-corrected chi connectivity index (χ2v) is 7.89. The molecule has 2 aromatic heterocycles. The lowest BCUT2D eigenvalue weighted by Crippen LogP contribution is -2.38. The standard InChI is InChI=1S/C24H24N8O/c33-24(30-21-8-6-20(7-9-21)29-19-4-2-1-3-5-19)18-10-12-31(13-11-18)22-14-23(27-16-26-22)32-17-25-15-28-32/h1-9,14-18,29H,10-13H2,(H,30,33). The van der Waals surface area contributed by atoms with E-state index in [9.17, 15) is 4.79 Å². The Hall–Kier alpha value is -4.27. The summed E-state index contributed by atoms with van der Waals surface area (Å²) in [4.78, 5) is 27.6. The smallest absolute Gasteiger partial charge is 0.227 e. The van der Waals surface area contributed by atoms with Crippen molar-refractivity contribution in [2.45, 2.75) is 12.8 Å². The van der Waals surface area contributed by atoms with E-state index in [-0.39, 0.29) is 11.8 Å². The fraction of sp³-hybridized carbons (Fsp3) is 0.208. The number of anilines is 4. The molecule has 9 nitrogen and oxygen atoms in total. The van der Waals surface area contributed by atoms with Crippen LogP contribution in [0.2, 0.25) is 0 Å². The highest BCUT2D eigenvalue weighted by Gasteiger charge is 2.26. The van der Waals surface area contributed by atoms with E-state index >= 15 is 0 Å². The molecule has 1 aliphatic heterocycles. The van der Waals surface area contributed by atoms with Crippen LogP contribution in [0.15, 0.2) is 79.6 Å². The molecule has 5 rings (SSSR count). The van der Waals surface area contributed by atoms with Gasteiger partial charge in [0.15, 0.2) is 5.82 Å². The van der Waals surface area contributed by atoms with Crippen LogP contribution in [0, 0.1) is 5.92 Å². The minimum absolute atomic E-state index is 0.0278. The summed E-state index contributed by atoms with van der Waals surface area (Å²) in [6, 6.07) is 19.7. The molecular weight excluding hydrogens is 416 g/mol. The van der Waals surface area contributed by atoms with Gasteiger partial charge < -0.3 is 15.5 Å². The van der Waals surface area contributed by atoms with Crippen LogP contribution in [-0.2, 0) is 4.79 Å². The summed E-state index contributed by atoms with van der Waals surface area (Å²) in [5, 5.41) is 10.5. The third-order valence-electron chi connectivity index (χ3n) is 5.70. The first-order valence-corrected chi connectivity index (χ1v) is 10.9. The second kappa shape index (κ2) is 9.47. The zero-order valence-corrected chi connectivity index (χ0v) is 18.0. The molecule has 1 amide bonds. The fourth-order valence-electron chi connectivity index (χ4n) is 3.90. The number of hydrogen-bond acceptors (Lipinski definition) is 7. The molecule has 1 aliphatic rings. The molecule has 4 aromatic rings. The zero-order valence-electron chi connectivity index (χ0n) is 18.0. The average Bonchev–Trinajstić information content (AvgIpc) is 3.41. The van der Waals surface area contributed by atoms with E-state index in [1.807, 2.05) is 60.7 Å². The van der Waals surface area contributed by atoms with E-state index in [0.29, 0.717) is 5.82 Å². The second-order valence-electron chi connectivity index (χ2n) is 7.89. The van der Waals surface area contributed by atoms with Gasteiger partial charge in [0, 0.05) is 42.1 Å². The highest BCUT2D eigenvalue weighted by atomic mass is 16.1. The van der Waals surface area contributed by atoms with Crippen LogP contribution >= 0.6 is 0 Å². The van der Waals surface area contributed by atoms with Gasteiger partial charge in [-0.25, -0.2) is 19.6 Å². The number of benzene rings is 2. The van der Waals surface area contributed by atoms with Gasteiger partial charge in [0.05, 0.1) is 0 Å². The van der Waals surface area contributed by atoms with Crippen molar-refractivity contribution in [2.24, 2.45) is 5.92 Å². The third-order valence-corrected chi connectivity index (χ3v) is 5.70. The van der Waals surface area contributed by atoms with Gasteiger partial charge in [0.1, 0.15) is 24.8 Å². The summed E-state index contributed by atoms with van der Waals surface area (Å²) in [5.41, 5.74) is 2.80. The summed E-state index contributed by atoms with van der Waals surface area (Å²) in [5.74, 6) is 1.53. The highest BCUT2D eigenvalue weighted by Crippen LogP contribution is 2.24. The van der Waals surface area contributed by atoms with Crippen LogP contribution in [0.3, 0.4) is 0 Å². The SMILES string of the molecule is O=C(Nc1ccc(Nc2ccccc2)cc1)C1CCN(c2cc(-n3cncn3)ncn2)CC1. The summed E-state index contributed by atoms with van der Waals surface area (Å²) < 4.78 is 1.60. The Balaban J connectivity index is 1.15. The molecular formula is C24H24N8O. The van der Waals surface area contributed by atoms with E-state index in [4.69, 9.17) is 0 Å². The molecule has 33 heavy (non-hydrogen) atoms. The number of piperidine rings is 1. The Labute approximate surface area is 191 Å². The van der Waals surface area contributed by atoms with Crippen molar-refractivity contribution in [3.8, 4) is 5.82 Å². The van der Waals surface area contributed by atoms with Crippen LogP contribution in [0.25, 0.3) is 5.82 Å². The summed E-state index contributed by atoms with van der Waals surface area (Å²) in [6.45, 7) is 1.51. The van der Waals surface area contributed by atoms with Gasteiger partial charge in [-0.3, -0.25) is 4.79 Å². The first-order chi connectivity index (χ1) is 16.2. The van der Waals surface area contributed by atoms with E-state index in [0.717, 1.165) is 48.8 Å². The Kier molecular flexibility index (Phi) is 5.92. The molecule has 0 radical (unpaired) electrons. The largest absolute Gasteiger partial charge is 0.356 e. The van der Waals surface area contributed by atoms with Gasteiger partial charge in [-0.15, -0.1) is 0 Å². The normalized spacial score (nSPS) is 14.1. The van der Waals surface area contributed by atoms with Crippen molar-refractivity contribution in [3.05, 3.63) is 79.6 Å². The van der Waals surface area contributed by atoms with Crippen LogP contribution in [-0.4, -0.2) is 43.7 Å². The lowest BCUT2D eigenvalue weighted by Gasteiger charge is -2.32. The topological polar surface area (TPSA) is 101 Å². The van der Waals surface area contributed by atoms with E-state index in [1.165, 1.54) is 12.7 Å². The van der Waals surface area contributed by atoms with Gasteiger partial charge in [-0.1, -0.05) is 18.2 Å². The first-order valence-electron chi connectivity index (χ1n) is 10.9. The Morgan fingerprint density at radius 2 is 1.55 bits per heavy atom. The number of aromatic nitrogens is 5. The Morgan fingerprint density at radius 3 is 2.27 bits per heavy atom. The maximum atomic E-state index is 12.8. The maximum Gasteiger partial charge on any atom is 0.227 e. The molecule has 3 heterocycles. The number of nitrogens with zero attached hydrogens (tertiary/aromatic N) is 6. The Morgan fingerprint density at radius 1 is 0.848 bits per heavy atom. The van der Waals surface area contributed by atoms with Crippen LogP contribution in [0.5, 0.6) is 0 Å². The van der Waals surface area contributed by atoms with Crippen molar-refractivity contribution in [1.82, 2.24) is 24.7 Å². The van der Waals surface area contributed by atoms with Crippen LogP contribution in [0.1, 0.15) is 12.8 Å². The fourth-order valence-corrected chi connectivity index (χ4v) is 3.90. The molecule has 0 unspecified atom stereocenters. The third kappa shape index (κ3) is 4.98. The molecule has 0 bridgehead atoms. The number of hydrogen-bond donors (Lipinski definition) is 2. The number of amides is 1. The quantitative estimate of drug-likeness (QED) is 0.472. The van der Waals surface area contributed by atoms with Crippen LogP contribution in [0.4, 0.5) is 22.9 Å². The van der Waals surface area contributed by atoms with E-state index in [1.54, 1.807) is 11.0 Å². The molecule has 2 aromatic carbocycles. The molecule has 166 valence electrons. The number of carbonyl (C=O) groups is 1. The minimum Gasteiger partial charge on any atom is -0.356 e. The summed E-state index contributed by atoms with van der Waals surface area (Å²) in [6.07, 6.45) is 6.14.